The van der Waals surface area contributed by atoms with Crippen LogP contribution >= 0.6 is 0 Å². The number of carbonyl (C=O) groups excluding carboxylic acids is 4. The van der Waals surface area contributed by atoms with E-state index in [0.717, 1.165) is 5.56 Å². The van der Waals surface area contributed by atoms with Gasteiger partial charge < -0.3 is 20.1 Å². The quantitative estimate of drug-likeness (QED) is 0.594. The van der Waals surface area contributed by atoms with E-state index in [0.29, 0.717) is 16.9 Å². The lowest BCUT2D eigenvalue weighted by Gasteiger charge is -2.09. The van der Waals surface area contributed by atoms with Gasteiger partial charge >= 0.3 is 11.9 Å². The highest BCUT2D eigenvalue weighted by Crippen LogP contribution is 2.12. The van der Waals surface area contributed by atoms with Gasteiger partial charge in [-0.3, -0.25) is 14.4 Å². The standard InChI is InChI=1S/C23H26N2O6/c1-15(2)31-23(29)17-7-9-18(10-8-17)24-20(26)11-12-22(28)30-14-21(27)25-19-6-4-5-16(3)13-19/h4-10,13,15H,11-12,14H2,1-3H3,(H,24,26)(H,25,27). The Bertz CT molecular complexity index is 937. The van der Waals surface area contributed by atoms with Crippen LogP contribution < -0.4 is 10.6 Å². The molecule has 2 aromatic rings. The lowest BCUT2D eigenvalue weighted by molar-refractivity contribution is -0.147. The van der Waals surface area contributed by atoms with Crippen molar-refractivity contribution in [2.75, 3.05) is 17.2 Å². The Hall–Kier alpha value is -3.68. The molecule has 8 heteroatoms. The number of carbonyl (C=O) groups is 4. The van der Waals surface area contributed by atoms with Crippen molar-refractivity contribution in [3.8, 4) is 0 Å². The number of aryl methyl sites for hydroxylation is 1. The molecule has 0 saturated heterocycles. The lowest BCUT2D eigenvalue weighted by Crippen LogP contribution is -2.21. The number of hydrogen-bond acceptors (Lipinski definition) is 6. The zero-order valence-electron chi connectivity index (χ0n) is 17.8. The molecule has 0 aliphatic rings. The second-order valence-electron chi connectivity index (χ2n) is 7.16. The van der Waals surface area contributed by atoms with Gasteiger partial charge in [-0.2, -0.15) is 0 Å². The fraction of sp³-hybridized carbons (Fsp3) is 0.304. The molecule has 8 nitrogen and oxygen atoms in total. The number of nitrogens with one attached hydrogen (secondary N) is 2. The van der Waals surface area contributed by atoms with E-state index in [1.807, 2.05) is 13.0 Å². The third kappa shape index (κ3) is 8.69. The Kier molecular flexibility index (Phi) is 8.75. The predicted molar refractivity (Wildman–Crippen MR) is 116 cm³/mol. The monoisotopic (exact) mass is 426 g/mol. The number of hydrogen-bond donors (Lipinski definition) is 2. The molecule has 31 heavy (non-hydrogen) atoms. The summed E-state index contributed by atoms with van der Waals surface area (Å²) in [6, 6.07) is 13.5. The van der Waals surface area contributed by atoms with Crippen LogP contribution in [0.3, 0.4) is 0 Å². The third-order valence-corrected chi connectivity index (χ3v) is 3.97. The molecule has 0 aliphatic heterocycles. The van der Waals surface area contributed by atoms with Crippen molar-refractivity contribution < 1.29 is 28.7 Å². The number of ether oxygens (including phenoxy) is 2. The summed E-state index contributed by atoms with van der Waals surface area (Å²) in [6.07, 6.45) is -0.488. The minimum Gasteiger partial charge on any atom is -0.459 e. The first-order valence-corrected chi connectivity index (χ1v) is 9.86. The fourth-order valence-corrected chi connectivity index (χ4v) is 2.55. The van der Waals surface area contributed by atoms with Crippen LogP contribution in [-0.2, 0) is 23.9 Å². The van der Waals surface area contributed by atoms with Crippen molar-refractivity contribution in [2.24, 2.45) is 0 Å². The molecule has 0 saturated carbocycles. The Balaban J connectivity index is 1.70. The van der Waals surface area contributed by atoms with E-state index in [9.17, 15) is 19.2 Å². The predicted octanol–water partition coefficient (Wildman–Crippen LogP) is 3.46. The van der Waals surface area contributed by atoms with Crippen LogP contribution in [0.4, 0.5) is 11.4 Å². The molecule has 2 amide bonds. The second-order valence-corrected chi connectivity index (χ2v) is 7.16. The Morgan fingerprint density at radius 1 is 0.871 bits per heavy atom. The summed E-state index contributed by atoms with van der Waals surface area (Å²) in [4.78, 5) is 47.4. The van der Waals surface area contributed by atoms with Gasteiger partial charge in [-0.05, 0) is 62.7 Å². The molecule has 2 rings (SSSR count). The van der Waals surface area contributed by atoms with Crippen LogP contribution in [0.25, 0.3) is 0 Å². The van der Waals surface area contributed by atoms with Gasteiger partial charge in [0.25, 0.3) is 5.91 Å². The van der Waals surface area contributed by atoms with Crippen LogP contribution in [0.2, 0.25) is 0 Å². The highest BCUT2D eigenvalue weighted by atomic mass is 16.5. The molecule has 0 radical (unpaired) electrons. The molecule has 0 aliphatic carbocycles. The van der Waals surface area contributed by atoms with Gasteiger partial charge in [0.15, 0.2) is 6.61 Å². The largest absolute Gasteiger partial charge is 0.459 e. The zero-order valence-corrected chi connectivity index (χ0v) is 17.8. The molecule has 0 atom stereocenters. The van der Waals surface area contributed by atoms with Crippen LogP contribution in [0.5, 0.6) is 0 Å². The highest BCUT2D eigenvalue weighted by Gasteiger charge is 2.12. The average Bonchev–Trinajstić information content (AvgIpc) is 2.71. The van der Waals surface area contributed by atoms with Crippen molar-refractivity contribution in [2.45, 2.75) is 39.7 Å². The molecule has 2 N–H and O–H groups in total. The van der Waals surface area contributed by atoms with Gasteiger partial charge in [0.2, 0.25) is 5.91 Å². The maximum atomic E-state index is 12.0. The first-order valence-electron chi connectivity index (χ1n) is 9.86. The summed E-state index contributed by atoms with van der Waals surface area (Å²) in [7, 11) is 0. The van der Waals surface area contributed by atoms with E-state index in [2.05, 4.69) is 10.6 Å². The average molecular weight is 426 g/mol. The lowest BCUT2D eigenvalue weighted by atomic mass is 10.2. The molecular weight excluding hydrogens is 400 g/mol. The fourth-order valence-electron chi connectivity index (χ4n) is 2.55. The Morgan fingerprint density at radius 3 is 2.19 bits per heavy atom. The summed E-state index contributed by atoms with van der Waals surface area (Å²) in [5.74, 6) is -1.94. The second kappa shape index (κ2) is 11.5. The summed E-state index contributed by atoms with van der Waals surface area (Å²) < 4.78 is 9.99. The Labute approximate surface area is 180 Å². The molecule has 164 valence electrons. The maximum Gasteiger partial charge on any atom is 0.338 e. The van der Waals surface area contributed by atoms with E-state index in [1.54, 1.807) is 56.3 Å². The summed E-state index contributed by atoms with van der Waals surface area (Å²) in [5.41, 5.74) is 2.46. The van der Waals surface area contributed by atoms with Gasteiger partial charge in [0, 0.05) is 17.8 Å². The summed E-state index contributed by atoms with van der Waals surface area (Å²) in [5, 5.41) is 5.26. The molecule has 0 fully saturated rings. The minimum absolute atomic E-state index is 0.102. The normalized spacial score (nSPS) is 10.3. The van der Waals surface area contributed by atoms with Gasteiger partial charge in [-0.15, -0.1) is 0 Å². The van der Waals surface area contributed by atoms with Gasteiger partial charge in [-0.1, -0.05) is 12.1 Å². The van der Waals surface area contributed by atoms with Crippen molar-refractivity contribution in [3.05, 3.63) is 59.7 Å². The zero-order chi connectivity index (χ0) is 22.8. The number of amides is 2. The van der Waals surface area contributed by atoms with E-state index in [1.165, 1.54) is 0 Å². The molecule has 0 spiro atoms. The summed E-state index contributed by atoms with van der Waals surface area (Å²) >= 11 is 0. The molecular formula is C23H26N2O6. The van der Waals surface area contributed by atoms with Crippen LogP contribution in [-0.4, -0.2) is 36.5 Å². The number of rotatable bonds is 9. The van der Waals surface area contributed by atoms with E-state index in [-0.39, 0.29) is 18.9 Å². The topological polar surface area (TPSA) is 111 Å². The van der Waals surface area contributed by atoms with Crippen molar-refractivity contribution in [3.63, 3.8) is 0 Å². The molecule has 0 aromatic heterocycles. The van der Waals surface area contributed by atoms with Crippen molar-refractivity contribution >= 4 is 35.1 Å². The highest BCUT2D eigenvalue weighted by molar-refractivity contribution is 5.95. The minimum atomic E-state index is -0.652. The first-order chi connectivity index (χ1) is 14.7. The van der Waals surface area contributed by atoms with Crippen molar-refractivity contribution in [1.29, 1.82) is 0 Å². The van der Waals surface area contributed by atoms with E-state index in [4.69, 9.17) is 9.47 Å². The van der Waals surface area contributed by atoms with Crippen LogP contribution in [0, 0.1) is 6.92 Å². The SMILES string of the molecule is Cc1cccc(NC(=O)COC(=O)CCC(=O)Nc2ccc(C(=O)OC(C)C)cc2)c1. The number of benzene rings is 2. The number of esters is 2. The number of anilines is 2. The van der Waals surface area contributed by atoms with Crippen LogP contribution in [0.1, 0.15) is 42.6 Å². The van der Waals surface area contributed by atoms with Gasteiger partial charge in [-0.25, -0.2) is 4.79 Å². The third-order valence-electron chi connectivity index (χ3n) is 3.97. The Morgan fingerprint density at radius 2 is 1.55 bits per heavy atom. The van der Waals surface area contributed by atoms with E-state index >= 15 is 0 Å². The smallest absolute Gasteiger partial charge is 0.338 e. The van der Waals surface area contributed by atoms with Crippen LogP contribution in [0.15, 0.2) is 48.5 Å². The van der Waals surface area contributed by atoms with Gasteiger partial charge in [0.1, 0.15) is 0 Å². The van der Waals surface area contributed by atoms with Crippen molar-refractivity contribution in [1.82, 2.24) is 0 Å². The molecule has 2 aromatic carbocycles. The van der Waals surface area contributed by atoms with E-state index < -0.39 is 30.4 Å². The first kappa shape index (κ1) is 23.6. The molecule has 0 unspecified atom stereocenters. The molecule has 0 heterocycles. The maximum absolute atomic E-state index is 12.0. The molecule has 0 bridgehead atoms. The van der Waals surface area contributed by atoms with Gasteiger partial charge in [0.05, 0.1) is 18.1 Å². The summed E-state index contributed by atoms with van der Waals surface area (Å²) in [6.45, 7) is 4.99.